The van der Waals surface area contributed by atoms with Gasteiger partial charge in [0.25, 0.3) is 5.91 Å². The van der Waals surface area contributed by atoms with E-state index in [1.54, 1.807) is 12.4 Å². The number of pyridine rings is 1. The summed E-state index contributed by atoms with van der Waals surface area (Å²) in [7, 11) is 0. The zero-order valence-corrected chi connectivity index (χ0v) is 14.4. The number of aromatic nitrogens is 1. The van der Waals surface area contributed by atoms with Crippen molar-refractivity contribution in [3.63, 3.8) is 0 Å². The molecule has 1 heterocycles. The highest BCUT2D eigenvalue weighted by molar-refractivity contribution is 9.10. The van der Waals surface area contributed by atoms with Gasteiger partial charge in [-0.3, -0.25) is 9.78 Å². The Hall–Kier alpha value is -2.72. The molecule has 3 nitrogen and oxygen atoms in total. The normalized spacial score (nSPS) is 10.7. The SMILES string of the molecule is O=C(Nc1ccc(Br)cc1)c1ccc(/C=C/c2ccncc2)cc1. The van der Waals surface area contributed by atoms with Crippen molar-refractivity contribution >= 4 is 39.7 Å². The molecule has 4 heteroatoms. The zero-order valence-electron chi connectivity index (χ0n) is 12.8. The van der Waals surface area contributed by atoms with E-state index in [4.69, 9.17) is 0 Å². The second-order valence-corrected chi connectivity index (χ2v) is 6.11. The van der Waals surface area contributed by atoms with E-state index in [1.807, 2.05) is 72.8 Å². The number of rotatable bonds is 4. The van der Waals surface area contributed by atoms with E-state index in [2.05, 4.69) is 26.2 Å². The average Bonchev–Trinajstić information content (AvgIpc) is 2.63. The molecule has 0 radical (unpaired) electrons. The highest BCUT2D eigenvalue weighted by Crippen LogP contribution is 2.16. The van der Waals surface area contributed by atoms with Crippen molar-refractivity contribution in [1.82, 2.24) is 4.98 Å². The number of amides is 1. The molecule has 0 saturated carbocycles. The summed E-state index contributed by atoms with van der Waals surface area (Å²) in [6.45, 7) is 0. The third-order valence-corrected chi connectivity index (χ3v) is 3.98. The van der Waals surface area contributed by atoms with Crippen molar-refractivity contribution in [3.8, 4) is 0 Å². The van der Waals surface area contributed by atoms with Crippen LogP contribution in [0.15, 0.2) is 77.5 Å². The van der Waals surface area contributed by atoms with Crippen molar-refractivity contribution in [3.05, 3.63) is 94.2 Å². The number of benzene rings is 2. The molecule has 0 atom stereocenters. The zero-order chi connectivity index (χ0) is 16.8. The Labute approximate surface area is 149 Å². The van der Waals surface area contributed by atoms with E-state index < -0.39 is 0 Å². The highest BCUT2D eigenvalue weighted by atomic mass is 79.9. The average molecular weight is 379 g/mol. The predicted octanol–water partition coefficient (Wildman–Crippen LogP) is 5.27. The van der Waals surface area contributed by atoms with E-state index in [0.29, 0.717) is 5.56 Å². The van der Waals surface area contributed by atoms with Crippen molar-refractivity contribution in [2.45, 2.75) is 0 Å². The van der Waals surface area contributed by atoms with E-state index in [-0.39, 0.29) is 5.91 Å². The number of nitrogens with one attached hydrogen (secondary N) is 1. The summed E-state index contributed by atoms with van der Waals surface area (Å²) in [6.07, 6.45) is 7.54. The predicted molar refractivity (Wildman–Crippen MR) is 102 cm³/mol. The molecule has 0 aliphatic rings. The molecule has 0 fully saturated rings. The van der Waals surface area contributed by atoms with E-state index >= 15 is 0 Å². The van der Waals surface area contributed by atoms with Crippen molar-refractivity contribution < 1.29 is 4.79 Å². The molecule has 1 aromatic heterocycles. The molecule has 0 aliphatic heterocycles. The van der Waals surface area contributed by atoms with Crippen LogP contribution in [-0.2, 0) is 0 Å². The molecule has 3 aromatic rings. The number of nitrogens with zero attached hydrogens (tertiary/aromatic N) is 1. The van der Waals surface area contributed by atoms with Gasteiger partial charge in [-0.2, -0.15) is 0 Å². The smallest absolute Gasteiger partial charge is 0.255 e. The number of carbonyl (C=O) groups is 1. The number of hydrogen-bond acceptors (Lipinski definition) is 2. The van der Waals surface area contributed by atoms with Crippen LogP contribution >= 0.6 is 15.9 Å². The summed E-state index contributed by atoms with van der Waals surface area (Å²) < 4.78 is 0.978. The molecule has 0 aliphatic carbocycles. The molecule has 0 unspecified atom stereocenters. The van der Waals surface area contributed by atoms with Crippen LogP contribution in [-0.4, -0.2) is 10.9 Å². The largest absolute Gasteiger partial charge is 0.322 e. The number of carbonyl (C=O) groups excluding carboxylic acids is 1. The van der Waals surface area contributed by atoms with Crippen LogP contribution in [0.1, 0.15) is 21.5 Å². The van der Waals surface area contributed by atoms with Crippen molar-refractivity contribution in [1.29, 1.82) is 0 Å². The van der Waals surface area contributed by atoms with Gasteiger partial charge in [0.05, 0.1) is 0 Å². The van der Waals surface area contributed by atoms with Gasteiger partial charge in [0.15, 0.2) is 0 Å². The maximum atomic E-state index is 12.2. The monoisotopic (exact) mass is 378 g/mol. The molecular formula is C20H15BrN2O. The molecule has 24 heavy (non-hydrogen) atoms. The Balaban J connectivity index is 1.66. The third kappa shape index (κ3) is 4.40. The first-order valence-corrected chi connectivity index (χ1v) is 8.25. The fraction of sp³-hybridized carbons (Fsp3) is 0. The lowest BCUT2D eigenvalue weighted by molar-refractivity contribution is 0.102. The lowest BCUT2D eigenvalue weighted by Crippen LogP contribution is -2.11. The topological polar surface area (TPSA) is 42.0 Å². The van der Waals surface area contributed by atoms with Gasteiger partial charge in [-0.25, -0.2) is 0 Å². The Morgan fingerprint density at radius 2 is 1.42 bits per heavy atom. The van der Waals surface area contributed by atoms with Gasteiger partial charge in [0.2, 0.25) is 0 Å². The van der Waals surface area contributed by atoms with E-state index in [1.165, 1.54) is 0 Å². The maximum absolute atomic E-state index is 12.2. The maximum Gasteiger partial charge on any atom is 0.255 e. The number of hydrogen-bond donors (Lipinski definition) is 1. The molecule has 0 saturated heterocycles. The van der Waals surface area contributed by atoms with Crippen LogP contribution in [0.3, 0.4) is 0 Å². The van der Waals surface area contributed by atoms with Gasteiger partial charge in [-0.15, -0.1) is 0 Å². The fourth-order valence-electron chi connectivity index (χ4n) is 2.15. The van der Waals surface area contributed by atoms with Crippen LogP contribution in [0.4, 0.5) is 5.69 Å². The highest BCUT2D eigenvalue weighted by Gasteiger charge is 2.05. The standard InChI is InChI=1S/C20H15BrN2O/c21-18-7-9-19(10-8-18)23-20(24)17-5-3-15(4-6-17)1-2-16-11-13-22-14-12-16/h1-14H,(H,23,24)/b2-1+. The minimum Gasteiger partial charge on any atom is -0.322 e. The van der Waals surface area contributed by atoms with Gasteiger partial charge >= 0.3 is 0 Å². The first-order valence-electron chi connectivity index (χ1n) is 7.46. The van der Waals surface area contributed by atoms with E-state index in [0.717, 1.165) is 21.3 Å². The van der Waals surface area contributed by atoms with Gasteiger partial charge in [0.1, 0.15) is 0 Å². The molecule has 1 amide bonds. The summed E-state index contributed by atoms with van der Waals surface area (Å²) in [5.74, 6) is -0.123. The minimum absolute atomic E-state index is 0.123. The molecular weight excluding hydrogens is 364 g/mol. The molecule has 118 valence electrons. The third-order valence-electron chi connectivity index (χ3n) is 3.45. The summed E-state index contributed by atoms with van der Waals surface area (Å²) in [6, 6.07) is 18.9. The Morgan fingerprint density at radius 1 is 0.833 bits per heavy atom. The molecule has 0 bridgehead atoms. The van der Waals surface area contributed by atoms with E-state index in [9.17, 15) is 4.79 Å². The lowest BCUT2D eigenvalue weighted by atomic mass is 10.1. The Morgan fingerprint density at radius 3 is 2.04 bits per heavy atom. The van der Waals surface area contributed by atoms with Gasteiger partial charge in [-0.05, 0) is 59.7 Å². The first-order chi connectivity index (χ1) is 11.7. The van der Waals surface area contributed by atoms with Crippen molar-refractivity contribution in [2.75, 3.05) is 5.32 Å². The Bertz CT molecular complexity index is 841. The summed E-state index contributed by atoms with van der Waals surface area (Å²) in [4.78, 5) is 16.2. The molecule has 2 aromatic carbocycles. The van der Waals surface area contributed by atoms with Crippen molar-refractivity contribution in [2.24, 2.45) is 0 Å². The van der Waals surface area contributed by atoms with Crippen LogP contribution < -0.4 is 5.32 Å². The lowest BCUT2D eigenvalue weighted by Gasteiger charge is -2.05. The van der Waals surface area contributed by atoms with Crippen LogP contribution in [0.25, 0.3) is 12.2 Å². The van der Waals surface area contributed by atoms with Gasteiger partial charge in [-0.1, -0.05) is 40.2 Å². The minimum atomic E-state index is -0.123. The number of anilines is 1. The summed E-state index contributed by atoms with van der Waals surface area (Å²) in [5.41, 5.74) is 3.51. The van der Waals surface area contributed by atoms with Crippen LogP contribution in [0, 0.1) is 0 Å². The van der Waals surface area contributed by atoms with Gasteiger partial charge in [0, 0.05) is 28.1 Å². The summed E-state index contributed by atoms with van der Waals surface area (Å²) in [5, 5.41) is 2.88. The second-order valence-electron chi connectivity index (χ2n) is 5.20. The molecule has 3 rings (SSSR count). The quantitative estimate of drug-likeness (QED) is 0.671. The number of halogens is 1. The summed E-state index contributed by atoms with van der Waals surface area (Å²) >= 11 is 3.37. The van der Waals surface area contributed by atoms with Crippen LogP contribution in [0.2, 0.25) is 0 Å². The van der Waals surface area contributed by atoms with Crippen LogP contribution in [0.5, 0.6) is 0 Å². The second kappa shape index (κ2) is 7.70. The van der Waals surface area contributed by atoms with Gasteiger partial charge < -0.3 is 5.32 Å². The molecule has 0 spiro atoms. The fourth-order valence-corrected chi connectivity index (χ4v) is 2.41. The molecule has 1 N–H and O–H groups in total. The first kappa shape index (κ1) is 16.1. The Kier molecular flexibility index (Phi) is 5.18.